The van der Waals surface area contributed by atoms with Crippen LogP contribution >= 0.6 is 0 Å². The van der Waals surface area contributed by atoms with E-state index in [0.717, 1.165) is 0 Å². The Labute approximate surface area is 223 Å². The van der Waals surface area contributed by atoms with E-state index in [-0.39, 0.29) is 151 Å². The van der Waals surface area contributed by atoms with Crippen molar-refractivity contribution in [2.75, 3.05) is 0 Å². The zero-order valence-electron chi connectivity index (χ0n) is 10.2. The van der Waals surface area contributed by atoms with E-state index in [2.05, 4.69) is 13.2 Å². The first kappa shape index (κ1) is 37.1. The minimum Gasteiger partial charge on any atom is -0.103 e. The molecular weight excluding hydrogens is 304 g/mol. The maximum atomic E-state index is 3.36. The summed E-state index contributed by atoms with van der Waals surface area (Å²) in [6.45, 7) is 10.5. The summed E-state index contributed by atoms with van der Waals surface area (Å²) in [7, 11) is 0. The van der Waals surface area contributed by atoms with E-state index in [4.69, 9.17) is 0 Å². The third kappa shape index (κ3) is 51.4. The van der Waals surface area contributed by atoms with Gasteiger partial charge in [0.25, 0.3) is 0 Å². The summed E-state index contributed by atoms with van der Waals surface area (Å²) in [4.78, 5) is 0. The number of hydrogen-bond donors (Lipinski definition) is 0. The molecule has 16 heavy (non-hydrogen) atoms. The van der Waals surface area contributed by atoms with Crippen LogP contribution in [0.4, 0.5) is 0 Å². The van der Waals surface area contributed by atoms with E-state index in [1.807, 2.05) is 13.8 Å². The average Bonchev–Trinajstić information content (AvgIpc) is 2.10. The van der Waals surface area contributed by atoms with Gasteiger partial charge in [-0.15, -0.1) is 13.2 Å². The molecule has 0 aliphatic heterocycles. The zero-order valence-corrected chi connectivity index (χ0v) is 13.1. The first-order chi connectivity index (χ1) is 5.83. The van der Waals surface area contributed by atoms with Gasteiger partial charge in [-0.1, -0.05) is 50.7 Å². The minimum atomic E-state index is 0. The molecule has 0 amide bonds. The fourth-order valence-corrected chi connectivity index (χ4v) is 1.06. The molecule has 0 unspecified atom stereocenters. The van der Waals surface area contributed by atoms with Gasteiger partial charge in [0, 0.05) is 151 Å². The predicted octanol–water partition coefficient (Wildman–Crippen LogP) is 4.73. The van der Waals surface area contributed by atoms with E-state index in [1.54, 1.807) is 12.2 Å². The molecule has 1 saturated carbocycles. The van der Waals surface area contributed by atoms with Crippen molar-refractivity contribution in [3.8, 4) is 0 Å². The fourth-order valence-electron chi connectivity index (χ4n) is 1.06. The molecule has 1 rings (SSSR count). The topological polar surface area (TPSA) is 0 Å². The third-order valence-corrected chi connectivity index (χ3v) is 1.50. The quantitative estimate of drug-likeness (QED) is 0.564. The Kier molecular flexibility index (Phi) is 99.0. The summed E-state index contributed by atoms with van der Waals surface area (Å²) in [6, 6.07) is 0. The Hall–Kier alpha value is 4.52. The molecular formula is C12H24Ar4. The molecule has 0 spiro atoms. The molecule has 0 aromatic carbocycles. The smallest absolute Gasteiger partial charge is 0 e. The molecule has 0 aromatic heterocycles. The normalized spacial score (nSPS) is 10.6. The summed E-state index contributed by atoms with van der Waals surface area (Å²) in [5, 5.41) is 0. The molecule has 0 nitrogen and oxygen atoms in total. The molecule has 0 atom stereocenters. The Balaban J connectivity index is -0.0000000227. The van der Waals surface area contributed by atoms with Gasteiger partial charge in [0.1, 0.15) is 0 Å². The molecule has 0 saturated heterocycles. The Morgan fingerprint density at radius 2 is 0.625 bits per heavy atom. The zero-order chi connectivity index (χ0) is 9.66. The summed E-state index contributed by atoms with van der Waals surface area (Å²) in [5.74, 6) is 0. The first-order valence-electron chi connectivity index (χ1n) is 4.97. The fraction of sp³-hybridized carbons (Fsp3) is 0.667. The van der Waals surface area contributed by atoms with Crippen LogP contribution in [-0.4, -0.2) is 0 Å². The van der Waals surface area contributed by atoms with Gasteiger partial charge in [0.15, 0.2) is 0 Å². The van der Waals surface area contributed by atoms with Gasteiger partial charge in [0.2, 0.25) is 0 Å². The van der Waals surface area contributed by atoms with Crippen LogP contribution in [0.2, 0.25) is 0 Å². The Bertz CT molecular complexity index is 73.5. The van der Waals surface area contributed by atoms with Crippen molar-refractivity contribution in [1.29, 1.82) is 0 Å². The van der Waals surface area contributed by atoms with Crippen LogP contribution in [0.3, 0.4) is 0 Å². The first-order valence-corrected chi connectivity index (χ1v) is 4.97. The minimum absolute atomic E-state index is 0. The van der Waals surface area contributed by atoms with E-state index in [9.17, 15) is 0 Å². The molecule has 4 heteroatoms. The molecule has 0 heterocycles. The van der Waals surface area contributed by atoms with Crippen LogP contribution in [0, 0.1) is 151 Å². The SMILES string of the molecule is C1CCCCC1.C=CC.C=CC.[Ar].[Ar].[Ar].[Ar]. The number of allylic oxidation sites excluding steroid dienone is 2. The maximum Gasteiger partial charge on any atom is 0 e. The second-order valence-corrected chi connectivity index (χ2v) is 2.94. The second kappa shape index (κ2) is 42.7. The van der Waals surface area contributed by atoms with Crippen molar-refractivity contribution in [1.82, 2.24) is 0 Å². The number of hydrogen-bond acceptors (Lipinski definition) is 0. The Morgan fingerprint density at radius 1 is 0.562 bits per heavy atom. The van der Waals surface area contributed by atoms with Crippen molar-refractivity contribution in [2.45, 2.75) is 52.4 Å². The van der Waals surface area contributed by atoms with Crippen LogP contribution in [-0.2, 0) is 0 Å². The molecule has 104 valence electrons. The molecule has 0 N–H and O–H groups in total. The van der Waals surface area contributed by atoms with Gasteiger partial charge < -0.3 is 0 Å². The van der Waals surface area contributed by atoms with Crippen LogP contribution < -0.4 is 0 Å². The van der Waals surface area contributed by atoms with Crippen LogP contribution in [0.5, 0.6) is 0 Å². The van der Waals surface area contributed by atoms with Crippen LogP contribution in [0.15, 0.2) is 25.3 Å². The van der Waals surface area contributed by atoms with Gasteiger partial charge in [-0.3, -0.25) is 0 Å². The van der Waals surface area contributed by atoms with Crippen molar-refractivity contribution in [3.05, 3.63) is 25.3 Å². The standard InChI is InChI=1S/C6H12.2C3H6.4Ar/c1-2-4-6-5-3-1;2*1-3-2;;;;/h1-6H2;2*3H,1H2,2H3;;;;. The monoisotopic (exact) mass is 328 g/mol. The third-order valence-electron chi connectivity index (χ3n) is 1.50. The van der Waals surface area contributed by atoms with Gasteiger partial charge in [-0.05, 0) is 13.8 Å². The van der Waals surface area contributed by atoms with Crippen molar-refractivity contribution in [2.24, 2.45) is 0 Å². The van der Waals surface area contributed by atoms with Crippen molar-refractivity contribution in [3.63, 3.8) is 0 Å². The summed E-state index contributed by atoms with van der Waals surface area (Å²) < 4.78 is 0. The predicted molar refractivity (Wildman–Crippen MR) is 59.4 cm³/mol. The molecule has 1 fully saturated rings. The van der Waals surface area contributed by atoms with E-state index in [0.29, 0.717) is 0 Å². The number of rotatable bonds is 0. The largest absolute Gasteiger partial charge is 0.103 e. The van der Waals surface area contributed by atoms with Crippen LogP contribution in [0.25, 0.3) is 0 Å². The van der Waals surface area contributed by atoms with Gasteiger partial charge in [-0.25, -0.2) is 0 Å². The molecule has 0 aromatic rings. The summed E-state index contributed by atoms with van der Waals surface area (Å²) >= 11 is 0. The molecule has 1 aliphatic carbocycles. The van der Waals surface area contributed by atoms with Crippen molar-refractivity contribution >= 4 is 0 Å². The second-order valence-electron chi connectivity index (χ2n) is 2.94. The summed E-state index contributed by atoms with van der Waals surface area (Å²) in [6.07, 6.45) is 12.5. The van der Waals surface area contributed by atoms with E-state index < -0.39 is 0 Å². The molecule has 1 aliphatic rings. The van der Waals surface area contributed by atoms with Gasteiger partial charge >= 0.3 is 0 Å². The Morgan fingerprint density at radius 3 is 0.688 bits per heavy atom. The summed E-state index contributed by atoms with van der Waals surface area (Å²) in [5.41, 5.74) is 0. The van der Waals surface area contributed by atoms with Gasteiger partial charge in [0.05, 0.1) is 0 Å². The van der Waals surface area contributed by atoms with E-state index in [1.165, 1.54) is 38.5 Å². The molecule has 0 bridgehead atoms. The maximum absolute atomic E-state index is 3.36. The van der Waals surface area contributed by atoms with Gasteiger partial charge in [-0.2, -0.15) is 0 Å². The van der Waals surface area contributed by atoms with Crippen LogP contribution in [0.1, 0.15) is 52.4 Å². The molecule has 0 radical (unpaired) electrons. The van der Waals surface area contributed by atoms with E-state index >= 15 is 0 Å². The average molecular weight is 328 g/mol. The van der Waals surface area contributed by atoms with Crippen molar-refractivity contribution < 1.29 is 151 Å².